The van der Waals surface area contributed by atoms with E-state index in [-0.39, 0.29) is 25.1 Å². The van der Waals surface area contributed by atoms with Crippen molar-refractivity contribution in [1.29, 1.82) is 0 Å². The molecular formula is C12H24Pt4. The van der Waals surface area contributed by atoms with Gasteiger partial charge in [-0.3, -0.25) is 0 Å². The second kappa shape index (κ2) is 1.43. The van der Waals surface area contributed by atoms with Crippen LogP contribution in [0.15, 0.2) is 44.2 Å². The van der Waals surface area contributed by atoms with Crippen LogP contribution in [0.2, 0.25) is 21.3 Å². The van der Waals surface area contributed by atoms with Crippen molar-refractivity contribution < 1.29 is 40.3 Å². The molecule has 112 valence electrons. The Morgan fingerprint density at radius 1 is 0.688 bits per heavy atom. The van der Waals surface area contributed by atoms with Crippen LogP contribution < -0.4 is 0 Å². The van der Waals surface area contributed by atoms with Crippen LogP contribution in [0, 0.1) is 0 Å². The van der Waals surface area contributed by atoms with Crippen LogP contribution in [0.1, 0.15) is 0 Å². The van der Waals surface area contributed by atoms with Crippen LogP contribution in [-0.4, -0.2) is 0 Å². The zero-order valence-corrected chi connectivity index (χ0v) is 19.5. The van der Waals surface area contributed by atoms with Gasteiger partial charge >= 0.3 is 106 Å². The molecule has 1 saturated heterocycles. The van der Waals surface area contributed by atoms with E-state index in [1.54, 1.807) is 0 Å². The first-order valence-electron chi connectivity index (χ1n) is 4.03. The average Bonchev–Trinajstić information content (AvgIpc) is 2.21. The third kappa shape index (κ3) is 1.02. The molecule has 0 bridgehead atoms. The van der Waals surface area contributed by atoms with Gasteiger partial charge in [0.05, 0.1) is 0 Å². The Bertz CT molecular complexity index is 545. The van der Waals surface area contributed by atoms with Crippen molar-refractivity contribution in [2.45, 2.75) is 21.3 Å². The summed E-state index contributed by atoms with van der Waals surface area (Å²) in [5.41, 5.74) is 0. The Labute approximate surface area is 104 Å². The summed E-state index contributed by atoms with van der Waals surface area (Å²) in [5, 5.41) is 9.86. The summed E-state index contributed by atoms with van der Waals surface area (Å²) < 4.78 is 3.99. The zero-order chi connectivity index (χ0) is 13.3. The van der Waals surface area contributed by atoms with Crippen LogP contribution in [0.5, 0.6) is 0 Å². The Kier molecular flexibility index (Phi) is 1.41. The fraction of sp³-hybridized carbons (Fsp3) is 0.333. The molecule has 0 nitrogen and oxygen atoms in total. The average molecular weight is 949 g/mol. The van der Waals surface area contributed by atoms with Crippen LogP contribution in [0.3, 0.4) is 0 Å². The summed E-state index contributed by atoms with van der Waals surface area (Å²) in [7, 11) is 0. The molecule has 0 unspecified atom stereocenters. The van der Waals surface area contributed by atoms with E-state index >= 15 is 0 Å². The number of hydrogen-bond donors (Lipinski definition) is 0. The van der Waals surface area contributed by atoms with E-state index in [2.05, 4.69) is 65.4 Å². The van der Waals surface area contributed by atoms with Crippen molar-refractivity contribution in [2.24, 2.45) is 0 Å². The number of rotatable bonds is 4. The molecule has 0 aromatic heterocycles. The second-order valence-electron chi connectivity index (χ2n) is 7.36. The monoisotopic (exact) mass is 948 g/mol. The van der Waals surface area contributed by atoms with Crippen molar-refractivity contribution in [1.82, 2.24) is 0 Å². The molecule has 0 aromatic carbocycles. The van der Waals surface area contributed by atoms with E-state index < -0.39 is 2.56 Å². The van der Waals surface area contributed by atoms with Crippen LogP contribution in [0.25, 0.3) is 0 Å². The molecule has 0 spiro atoms. The molecule has 1 fully saturated rings. The van der Waals surface area contributed by atoms with Crippen LogP contribution in [-0.2, 0) is 40.3 Å². The van der Waals surface area contributed by atoms with Gasteiger partial charge in [-0.15, -0.1) is 0 Å². The molecular weight excluding hydrogens is 924 g/mol. The van der Waals surface area contributed by atoms with E-state index in [1.165, 1.54) is 0 Å². The van der Waals surface area contributed by atoms with Crippen molar-refractivity contribution >= 4 is 0 Å². The summed E-state index contributed by atoms with van der Waals surface area (Å²) in [5.74, 6) is 0. The first-order chi connectivity index (χ1) is 6.43. The third-order valence-corrected chi connectivity index (χ3v) is 445. The molecule has 1 rings (SSSR count). The predicted octanol–water partition coefficient (Wildman–Crippen LogP) is 5.04. The van der Waals surface area contributed by atoms with E-state index in [9.17, 15) is 0 Å². The Balaban J connectivity index is 4.81. The topological polar surface area (TPSA) is 0 Å². The molecule has 0 atom stereocenters. The first-order valence-corrected chi connectivity index (χ1v) is 44.8. The molecule has 0 amide bonds. The van der Waals surface area contributed by atoms with E-state index in [1.807, 2.05) is 0 Å². The fourth-order valence-electron chi connectivity index (χ4n) is 0.556. The Morgan fingerprint density at radius 2 is 0.938 bits per heavy atom. The molecule has 1 aliphatic rings. The Hall–Kier alpha value is 1.71. The summed E-state index contributed by atoms with van der Waals surface area (Å²) in [6, 6.07) is 0. The maximum absolute atomic E-state index is 5.12. The van der Waals surface area contributed by atoms with Gasteiger partial charge < -0.3 is 0 Å². The minimum atomic E-state index is -5.12. The van der Waals surface area contributed by atoms with E-state index in [0.29, 0.717) is 12.6 Å². The van der Waals surface area contributed by atoms with Gasteiger partial charge in [0.1, 0.15) is 0 Å². The second-order valence-corrected chi connectivity index (χ2v) is 203. The zero-order valence-electron chi connectivity index (χ0n) is 10.4. The van der Waals surface area contributed by atoms with Crippen molar-refractivity contribution in [3.05, 3.63) is 44.2 Å². The maximum atomic E-state index is 4.32. The van der Waals surface area contributed by atoms with Crippen molar-refractivity contribution in [3.8, 4) is 0 Å². The fourth-order valence-corrected chi connectivity index (χ4v) is 671. The Morgan fingerprint density at radius 3 is 0.938 bits per heavy atom. The molecule has 0 saturated carbocycles. The summed E-state index contributed by atoms with van der Waals surface area (Å²) in [6.45, 7) is 17.3. The van der Waals surface area contributed by atoms with Gasteiger partial charge in [-0.2, -0.15) is 0 Å². The minimum absolute atomic E-state index is 0.0590. The van der Waals surface area contributed by atoms with Gasteiger partial charge in [-0.1, -0.05) is 0 Å². The van der Waals surface area contributed by atoms with Crippen molar-refractivity contribution in [2.75, 3.05) is 0 Å². The van der Waals surface area contributed by atoms with Gasteiger partial charge in [-0.05, 0) is 0 Å². The predicted molar refractivity (Wildman–Crippen MR) is 64.2 cm³/mol. The molecule has 0 aliphatic carbocycles. The van der Waals surface area contributed by atoms with Crippen molar-refractivity contribution in [3.63, 3.8) is 0 Å². The molecule has 0 N–H and O–H groups in total. The molecule has 1 aliphatic heterocycles. The van der Waals surface area contributed by atoms with Gasteiger partial charge in [0.15, 0.2) is 0 Å². The van der Waals surface area contributed by atoms with E-state index in [0.717, 1.165) is 0 Å². The van der Waals surface area contributed by atoms with Crippen LogP contribution >= 0.6 is 0 Å². The molecule has 0 radical (unpaired) electrons. The molecule has 16 heavy (non-hydrogen) atoms. The molecule has 1 heterocycles. The number of hydrogen-bond acceptors (Lipinski definition) is 0. The SMILES string of the molecule is C=[CH][Pt]1([CH3])([CH3])([CH3])([CH3])([CH]=C)([CH]=C)([CH]=C)[Pt][Pt][Pt]1. The normalized spacial score (nSPS) is 59.2. The third-order valence-electron chi connectivity index (χ3n) is 3.73. The van der Waals surface area contributed by atoms with Gasteiger partial charge in [0, 0.05) is 0 Å². The summed E-state index contributed by atoms with van der Waals surface area (Å²) >= 11 is 0.248. The molecule has 0 aromatic rings. The standard InChI is InChI=1S/4C2H3.4CH3.4Pt/c4*1-2;;;;;;;;/h4*1H,2H2;4*1H3;;;;. The van der Waals surface area contributed by atoms with Crippen LogP contribution in [0.4, 0.5) is 0 Å². The van der Waals surface area contributed by atoms with E-state index in [4.69, 9.17) is 0 Å². The first kappa shape index (κ1) is 15.8. The van der Waals surface area contributed by atoms with Gasteiger partial charge in [0.2, 0.25) is 0 Å². The molecule has 4 heteroatoms. The van der Waals surface area contributed by atoms with Gasteiger partial charge in [-0.25, -0.2) is 0 Å². The summed E-state index contributed by atoms with van der Waals surface area (Å²) in [4.78, 5) is 0. The quantitative estimate of drug-likeness (QED) is 0.371. The summed E-state index contributed by atoms with van der Waals surface area (Å²) in [6.07, 6.45) is 0. The van der Waals surface area contributed by atoms with Gasteiger partial charge in [0.25, 0.3) is 0 Å².